The Morgan fingerprint density at radius 2 is 2.02 bits per heavy atom. The number of anilines is 1. The predicted molar refractivity (Wildman–Crippen MR) is 151 cm³/mol. The first-order valence-electron chi connectivity index (χ1n) is 14.7. The van der Waals surface area contributed by atoms with Crippen LogP contribution in [0.3, 0.4) is 0 Å². The molecule has 41 heavy (non-hydrogen) atoms. The van der Waals surface area contributed by atoms with E-state index >= 15 is 0 Å². The number of Topliss-reactive ketones (excluding diaryl/α,β-unsaturated/α-hetero) is 1. The van der Waals surface area contributed by atoms with Gasteiger partial charge in [-0.1, -0.05) is 43.7 Å². The van der Waals surface area contributed by atoms with E-state index in [4.69, 9.17) is 15.2 Å². The SMILES string of the molecule is C[C@]12C=CC(=O)C=C1CC[C@@H]1[C@@H]2[C@@H](O)C[C@@]2(C)[C@H]1C[C@H]1O[C@@H](c3ccn(Cc4ccccc4N)c3)O[C@]12C(=O)CO. The van der Waals surface area contributed by atoms with Gasteiger partial charge in [0.2, 0.25) is 0 Å². The van der Waals surface area contributed by atoms with Gasteiger partial charge in [0.15, 0.2) is 23.5 Å². The quantitative estimate of drug-likeness (QED) is 0.478. The molecule has 216 valence electrons. The summed E-state index contributed by atoms with van der Waals surface area (Å²) in [6.45, 7) is 4.12. The smallest absolute Gasteiger partial charge is 0.193 e. The average Bonchev–Trinajstić information content (AvgIpc) is 3.62. The van der Waals surface area contributed by atoms with E-state index in [0.717, 1.165) is 35.2 Å². The van der Waals surface area contributed by atoms with Crippen molar-refractivity contribution in [1.82, 2.24) is 4.57 Å². The number of carbonyl (C=O) groups excluding carboxylic acids is 2. The molecule has 4 N–H and O–H groups in total. The van der Waals surface area contributed by atoms with E-state index < -0.39 is 41.5 Å². The van der Waals surface area contributed by atoms with Gasteiger partial charge in [-0.25, -0.2) is 0 Å². The molecule has 2 heterocycles. The van der Waals surface area contributed by atoms with Gasteiger partial charge in [-0.3, -0.25) is 9.59 Å². The van der Waals surface area contributed by atoms with Gasteiger partial charge >= 0.3 is 0 Å². The summed E-state index contributed by atoms with van der Waals surface area (Å²) in [7, 11) is 0. The van der Waals surface area contributed by atoms with E-state index in [1.165, 1.54) is 0 Å². The van der Waals surface area contributed by atoms with Crippen molar-refractivity contribution in [2.75, 3.05) is 12.3 Å². The molecule has 0 unspecified atom stereocenters. The average molecular weight is 559 g/mol. The van der Waals surface area contributed by atoms with Crippen LogP contribution in [0.15, 0.2) is 66.5 Å². The lowest BCUT2D eigenvalue weighted by molar-refractivity contribution is -0.201. The largest absolute Gasteiger partial charge is 0.398 e. The number of nitrogen functional groups attached to an aromatic ring is 1. The number of aromatic nitrogens is 1. The molecule has 1 saturated heterocycles. The highest BCUT2D eigenvalue weighted by atomic mass is 16.7. The van der Waals surface area contributed by atoms with Crippen molar-refractivity contribution in [3.8, 4) is 0 Å². The number of ether oxygens (including phenoxy) is 2. The van der Waals surface area contributed by atoms with E-state index in [-0.39, 0.29) is 29.3 Å². The van der Waals surface area contributed by atoms with E-state index in [2.05, 4.69) is 6.92 Å². The first-order valence-corrected chi connectivity index (χ1v) is 14.7. The maximum atomic E-state index is 13.7. The number of fused-ring (bicyclic) bond motifs is 7. The third-order valence-corrected chi connectivity index (χ3v) is 11.2. The lowest BCUT2D eigenvalue weighted by Gasteiger charge is -2.59. The molecule has 5 aliphatic rings. The van der Waals surface area contributed by atoms with Gasteiger partial charge in [0.1, 0.15) is 6.61 Å². The van der Waals surface area contributed by atoms with Crippen molar-refractivity contribution in [1.29, 1.82) is 0 Å². The summed E-state index contributed by atoms with van der Waals surface area (Å²) >= 11 is 0. The normalized spacial score (nSPS) is 40.9. The van der Waals surface area contributed by atoms with E-state index in [1.54, 1.807) is 12.2 Å². The Morgan fingerprint density at radius 3 is 2.80 bits per heavy atom. The number of carbonyl (C=O) groups is 2. The Morgan fingerprint density at radius 1 is 1.22 bits per heavy atom. The molecular formula is C33H38N2O6. The van der Waals surface area contributed by atoms with Crippen molar-refractivity contribution in [3.63, 3.8) is 0 Å². The molecule has 0 bridgehead atoms. The summed E-state index contributed by atoms with van der Waals surface area (Å²) in [5.74, 6) is -0.265. The number of aliphatic hydroxyl groups is 2. The van der Waals surface area contributed by atoms with Gasteiger partial charge in [-0.2, -0.15) is 0 Å². The summed E-state index contributed by atoms with van der Waals surface area (Å²) in [5.41, 5.74) is 7.27. The number of aliphatic hydroxyl groups excluding tert-OH is 2. The molecule has 8 nitrogen and oxygen atoms in total. The number of benzene rings is 1. The van der Waals surface area contributed by atoms with Crippen molar-refractivity contribution in [2.45, 2.75) is 70.2 Å². The second-order valence-corrected chi connectivity index (χ2v) is 13.2. The van der Waals surface area contributed by atoms with Crippen molar-refractivity contribution in [2.24, 2.45) is 28.6 Å². The van der Waals surface area contributed by atoms with Gasteiger partial charge < -0.3 is 30.0 Å². The topological polar surface area (TPSA) is 124 Å². The first kappa shape index (κ1) is 26.8. The second kappa shape index (κ2) is 9.23. The Hall–Kier alpha value is -3.04. The highest BCUT2D eigenvalue weighted by molar-refractivity contribution is 6.01. The Balaban J connectivity index is 1.20. The number of allylic oxidation sites excluding steroid dienone is 4. The number of ketones is 2. The number of nitrogens with two attached hydrogens (primary N) is 1. The molecule has 3 saturated carbocycles. The lowest BCUT2D eigenvalue weighted by Crippen LogP contribution is -2.63. The molecule has 1 aliphatic heterocycles. The first-order chi connectivity index (χ1) is 19.6. The van der Waals surface area contributed by atoms with Gasteiger partial charge in [0, 0.05) is 46.9 Å². The molecule has 4 aliphatic carbocycles. The fourth-order valence-electron chi connectivity index (χ4n) is 9.41. The molecule has 4 fully saturated rings. The zero-order valence-electron chi connectivity index (χ0n) is 23.5. The fraction of sp³-hybridized carbons (Fsp3) is 0.515. The highest BCUT2D eigenvalue weighted by Crippen LogP contribution is 2.70. The molecule has 1 aromatic heterocycles. The van der Waals surface area contributed by atoms with Crippen LogP contribution >= 0.6 is 0 Å². The van der Waals surface area contributed by atoms with E-state index in [0.29, 0.717) is 19.4 Å². The van der Waals surface area contributed by atoms with Crippen LogP contribution < -0.4 is 5.73 Å². The zero-order chi connectivity index (χ0) is 28.7. The maximum Gasteiger partial charge on any atom is 0.193 e. The van der Waals surface area contributed by atoms with Crippen molar-refractivity contribution in [3.05, 3.63) is 77.7 Å². The molecular weight excluding hydrogens is 520 g/mol. The molecule has 9 atom stereocenters. The number of nitrogens with zero attached hydrogens (tertiary/aromatic N) is 1. The predicted octanol–water partition coefficient (Wildman–Crippen LogP) is 3.72. The van der Waals surface area contributed by atoms with Crippen LogP contribution in [0.25, 0.3) is 0 Å². The molecule has 8 heteroatoms. The summed E-state index contributed by atoms with van der Waals surface area (Å²) in [6.07, 6.45) is 9.83. The number of hydrogen-bond donors (Lipinski definition) is 3. The van der Waals surface area contributed by atoms with Crippen LogP contribution in [0.2, 0.25) is 0 Å². The monoisotopic (exact) mass is 558 g/mol. The highest BCUT2D eigenvalue weighted by Gasteiger charge is 2.75. The minimum absolute atomic E-state index is 0.00265. The standard InChI is InChI=1S/C33H38N2O6/c1-31-11-9-22(37)13-21(31)7-8-23-24-14-28-33(27(39)18-36,32(24,2)15-26(38)29(23)31)41-30(40-28)20-10-12-35(17-20)16-19-5-3-4-6-25(19)34/h3-6,9-13,17,23-24,26,28-30,36,38H,7-8,14-16,18,34H2,1-2H3/t23-,24-,26-,28+,29+,30+,31-,32-,33+/m0/s1. The molecule has 0 spiro atoms. The van der Waals surface area contributed by atoms with Gasteiger partial charge in [0.25, 0.3) is 0 Å². The van der Waals surface area contributed by atoms with Crippen LogP contribution in [-0.4, -0.2) is 50.8 Å². The molecule has 1 aromatic carbocycles. The van der Waals surface area contributed by atoms with Gasteiger partial charge in [-0.05, 0) is 67.4 Å². The van der Waals surface area contributed by atoms with Crippen molar-refractivity contribution >= 4 is 17.3 Å². The number of hydrogen-bond acceptors (Lipinski definition) is 7. The molecule has 0 radical (unpaired) electrons. The summed E-state index contributed by atoms with van der Waals surface area (Å²) in [6, 6.07) is 9.66. The minimum Gasteiger partial charge on any atom is -0.398 e. The van der Waals surface area contributed by atoms with E-state index in [1.807, 2.05) is 60.3 Å². The van der Waals surface area contributed by atoms with Crippen LogP contribution in [0, 0.1) is 28.6 Å². The Labute approximate surface area is 239 Å². The number of para-hydroxylation sites is 1. The second-order valence-electron chi connectivity index (χ2n) is 13.2. The summed E-state index contributed by atoms with van der Waals surface area (Å²) < 4.78 is 15.3. The Kier molecular flexibility index (Phi) is 6.04. The van der Waals surface area contributed by atoms with Crippen molar-refractivity contribution < 1.29 is 29.3 Å². The third-order valence-electron chi connectivity index (χ3n) is 11.2. The van der Waals surface area contributed by atoms with Crippen LogP contribution in [0.1, 0.15) is 56.9 Å². The van der Waals surface area contributed by atoms with Crippen LogP contribution in [-0.2, 0) is 25.6 Å². The van der Waals surface area contributed by atoms with Gasteiger partial charge in [-0.15, -0.1) is 0 Å². The van der Waals surface area contributed by atoms with Crippen LogP contribution in [0.4, 0.5) is 5.69 Å². The summed E-state index contributed by atoms with van der Waals surface area (Å²) in [4.78, 5) is 25.9. The Bertz CT molecular complexity index is 1480. The third kappa shape index (κ3) is 3.67. The van der Waals surface area contributed by atoms with E-state index in [9.17, 15) is 19.8 Å². The minimum atomic E-state index is -1.36. The fourth-order valence-corrected chi connectivity index (χ4v) is 9.41. The van der Waals surface area contributed by atoms with Crippen LogP contribution in [0.5, 0.6) is 0 Å². The summed E-state index contributed by atoms with van der Waals surface area (Å²) in [5, 5.41) is 22.0. The molecule has 0 amide bonds. The zero-order valence-corrected chi connectivity index (χ0v) is 23.5. The maximum absolute atomic E-state index is 13.7. The number of rotatable bonds is 5. The lowest BCUT2D eigenvalue weighted by atomic mass is 9.46. The molecule has 2 aromatic rings. The molecule has 7 rings (SSSR count). The van der Waals surface area contributed by atoms with Gasteiger partial charge in [0.05, 0.1) is 12.2 Å².